The summed E-state index contributed by atoms with van der Waals surface area (Å²) in [5.74, 6) is 0.182. The predicted octanol–water partition coefficient (Wildman–Crippen LogP) is 1.02. The van der Waals surface area contributed by atoms with E-state index in [1.807, 2.05) is 0 Å². The molecule has 0 spiro atoms. The Morgan fingerprint density at radius 3 is 2.50 bits per heavy atom. The highest BCUT2D eigenvalue weighted by molar-refractivity contribution is 6.30. The van der Waals surface area contributed by atoms with Crippen molar-refractivity contribution in [2.24, 2.45) is 10.7 Å². The van der Waals surface area contributed by atoms with Crippen LogP contribution in [0, 0.1) is 0 Å². The zero-order valence-electron chi connectivity index (χ0n) is 7.20. The fourth-order valence-electron chi connectivity index (χ4n) is 1.05. The summed E-state index contributed by atoms with van der Waals surface area (Å²) in [7, 11) is 0. The monoisotopic (exact) mass is 209 g/mol. The Bertz CT molecular complexity index is 399. The lowest BCUT2D eigenvalue weighted by molar-refractivity contribution is -0.115. The minimum Gasteiger partial charge on any atom is -0.385 e. The molecule has 1 aliphatic rings. The van der Waals surface area contributed by atoms with E-state index in [9.17, 15) is 4.79 Å². The third kappa shape index (κ3) is 1.85. The van der Waals surface area contributed by atoms with Crippen molar-refractivity contribution in [3.05, 3.63) is 29.3 Å². The zero-order chi connectivity index (χ0) is 10.1. The van der Waals surface area contributed by atoms with Crippen molar-refractivity contribution in [1.29, 1.82) is 0 Å². The van der Waals surface area contributed by atoms with Crippen LogP contribution in [0.1, 0.15) is 0 Å². The number of carbonyl (C=O) groups is 1. The Morgan fingerprint density at radius 1 is 1.43 bits per heavy atom. The molecule has 1 aromatic rings. The Morgan fingerprint density at radius 2 is 2.00 bits per heavy atom. The standard InChI is InChI=1S/C9H8ClN3O/c10-5-1-3-6(4-2-5)12-9(14)7-8(11)13-7/h1-4,7H,(H2,11,13)(H,12,14). The highest BCUT2D eigenvalue weighted by atomic mass is 35.5. The summed E-state index contributed by atoms with van der Waals surface area (Å²) in [4.78, 5) is 15.1. The van der Waals surface area contributed by atoms with Gasteiger partial charge in [0.15, 0.2) is 6.04 Å². The average molecular weight is 210 g/mol. The molecular formula is C9H8ClN3O. The van der Waals surface area contributed by atoms with Gasteiger partial charge in [0.1, 0.15) is 5.84 Å². The Kier molecular flexibility index (Phi) is 2.13. The Balaban J connectivity index is 1.97. The van der Waals surface area contributed by atoms with Crippen LogP contribution < -0.4 is 11.1 Å². The van der Waals surface area contributed by atoms with Crippen LogP contribution in [-0.2, 0) is 4.79 Å². The van der Waals surface area contributed by atoms with E-state index in [0.29, 0.717) is 16.5 Å². The largest absolute Gasteiger partial charge is 0.385 e. The Hall–Kier alpha value is -1.55. The number of amides is 1. The van der Waals surface area contributed by atoms with Crippen molar-refractivity contribution in [2.75, 3.05) is 5.32 Å². The number of hydrogen-bond acceptors (Lipinski definition) is 3. The number of nitrogens with one attached hydrogen (secondary N) is 1. The van der Waals surface area contributed by atoms with Gasteiger partial charge < -0.3 is 11.1 Å². The molecule has 1 aromatic carbocycles. The molecular weight excluding hydrogens is 202 g/mol. The molecule has 0 aromatic heterocycles. The van der Waals surface area contributed by atoms with Gasteiger partial charge in [0, 0.05) is 10.7 Å². The first kappa shape index (κ1) is 9.02. The smallest absolute Gasteiger partial charge is 0.257 e. The van der Waals surface area contributed by atoms with Gasteiger partial charge in [0.2, 0.25) is 0 Å². The topological polar surface area (TPSA) is 67.5 Å². The normalized spacial score (nSPS) is 18.6. The van der Waals surface area contributed by atoms with E-state index in [4.69, 9.17) is 17.3 Å². The molecule has 0 saturated heterocycles. The van der Waals surface area contributed by atoms with Crippen molar-refractivity contribution < 1.29 is 4.79 Å². The quantitative estimate of drug-likeness (QED) is 0.764. The fourth-order valence-corrected chi connectivity index (χ4v) is 1.17. The summed E-state index contributed by atoms with van der Waals surface area (Å²) < 4.78 is 0. The highest BCUT2D eigenvalue weighted by Gasteiger charge is 2.32. The number of aliphatic imine (C=N–C) groups is 1. The third-order valence-corrected chi connectivity index (χ3v) is 2.10. The van der Waals surface area contributed by atoms with E-state index in [0.717, 1.165) is 0 Å². The van der Waals surface area contributed by atoms with Crippen LogP contribution >= 0.6 is 11.6 Å². The molecule has 1 atom stereocenters. The molecule has 0 saturated carbocycles. The molecule has 1 amide bonds. The number of halogens is 1. The number of nitrogens with two attached hydrogens (primary N) is 1. The number of anilines is 1. The van der Waals surface area contributed by atoms with Crippen molar-refractivity contribution >= 4 is 29.0 Å². The van der Waals surface area contributed by atoms with Gasteiger partial charge in [0.25, 0.3) is 5.91 Å². The lowest BCUT2D eigenvalue weighted by atomic mass is 10.3. The number of hydrogen-bond donors (Lipinski definition) is 2. The second-order valence-electron chi connectivity index (χ2n) is 2.95. The first-order valence-corrected chi connectivity index (χ1v) is 4.44. The Labute approximate surface area is 85.8 Å². The molecule has 14 heavy (non-hydrogen) atoms. The second-order valence-corrected chi connectivity index (χ2v) is 3.39. The van der Waals surface area contributed by atoms with Crippen LogP contribution in [0.15, 0.2) is 29.3 Å². The summed E-state index contributed by atoms with van der Waals surface area (Å²) in [6, 6.07) is 6.38. The van der Waals surface area contributed by atoms with E-state index in [1.165, 1.54) is 0 Å². The molecule has 72 valence electrons. The lowest BCUT2D eigenvalue weighted by Gasteiger charge is -2.02. The van der Waals surface area contributed by atoms with Gasteiger partial charge in [0.05, 0.1) is 0 Å². The number of rotatable bonds is 2. The van der Waals surface area contributed by atoms with Gasteiger partial charge in [-0.15, -0.1) is 0 Å². The summed E-state index contributed by atoms with van der Waals surface area (Å²) in [6.07, 6.45) is 0. The van der Waals surface area contributed by atoms with Gasteiger partial charge in [-0.2, -0.15) is 0 Å². The molecule has 0 bridgehead atoms. The first-order valence-electron chi connectivity index (χ1n) is 4.06. The summed E-state index contributed by atoms with van der Waals surface area (Å²) in [5.41, 5.74) is 6.00. The van der Waals surface area contributed by atoms with Crippen LogP contribution in [0.3, 0.4) is 0 Å². The van der Waals surface area contributed by atoms with Crippen molar-refractivity contribution in [3.8, 4) is 0 Å². The van der Waals surface area contributed by atoms with E-state index in [1.54, 1.807) is 24.3 Å². The second kappa shape index (κ2) is 3.31. The fraction of sp³-hybridized carbons (Fsp3) is 0.111. The lowest BCUT2D eigenvalue weighted by Crippen LogP contribution is -2.24. The number of nitrogens with zero attached hydrogens (tertiary/aromatic N) is 1. The van der Waals surface area contributed by atoms with Crippen molar-refractivity contribution in [2.45, 2.75) is 6.04 Å². The number of carbonyl (C=O) groups excluding carboxylic acids is 1. The van der Waals surface area contributed by atoms with Gasteiger partial charge in [-0.1, -0.05) is 11.6 Å². The molecule has 1 unspecified atom stereocenters. The highest BCUT2D eigenvalue weighted by Crippen LogP contribution is 2.15. The maximum atomic E-state index is 11.3. The van der Waals surface area contributed by atoms with Gasteiger partial charge >= 0.3 is 0 Å². The van der Waals surface area contributed by atoms with Gasteiger partial charge in [-0.05, 0) is 24.3 Å². The average Bonchev–Trinajstić information content (AvgIpc) is 2.87. The van der Waals surface area contributed by atoms with E-state index in [2.05, 4.69) is 10.3 Å². The summed E-state index contributed by atoms with van der Waals surface area (Å²) in [6.45, 7) is 0. The van der Waals surface area contributed by atoms with E-state index < -0.39 is 6.04 Å². The first-order chi connectivity index (χ1) is 6.66. The molecule has 1 heterocycles. The molecule has 3 N–H and O–H groups in total. The van der Waals surface area contributed by atoms with Gasteiger partial charge in [-0.25, -0.2) is 4.99 Å². The molecule has 2 rings (SSSR count). The zero-order valence-corrected chi connectivity index (χ0v) is 7.95. The molecule has 1 aliphatic heterocycles. The maximum absolute atomic E-state index is 11.3. The SMILES string of the molecule is NC1=NC1C(=O)Nc1ccc(Cl)cc1. The molecule has 4 nitrogen and oxygen atoms in total. The molecule has 5 heteroatoms. The van der Waals surface area contributed by atoms with Crippen LogP contribution in [0.4, 0.5) is 5.69 Å². The van der Waals surface area contributed by atoms with E-state index in [-0.39, 0.29) is 5.91 Å². The predicted molar refractivity (Wildman–Crippen MR) is 55.5 cm³/mol. The van der Waals surface area contributed by atoms with Crippen molar-refractivity contribution in [1.82, 2.24) is 0 Å². The third-order valence-electron chi connectivity index (χ3n) is 1.85. The molecule has 0 fully saturated rings. The van der Waals surface area contributed by atoms with Crippen LogP contribution in [0.2, 0.25) is 5.02 Å². The minimum atomic E-state index is -0.467. The van der Waals surface area contributed by atoms with Crippen LogP contribution in [0.5, 0.6) is 0 Å². The molecule has 0 radical (unpaired) electrons. The number of amidine groups is 1. The van der Waals surface area contributed by atoms with Crippen LogP contribution in [0.25, 0.3) is 0 Å². The maximum Gasteiger partial charge on any atom is 0.257 e. The van der Waals surface area contributed by atoms with Crippen molar-refractivity contribution in [3.63, 3.8) is 0 Å². The van der Waals surface area contributed by atoms with Crippen LogP contribution in [-0.4, -0.2) is 17.8 Å². The van der Waals surface area contributed by atoms with Gasteiger partial charge in [-0.3, -0.25) is 4.79 Å². The summed E-state index contributed by atoms with van der Waals surface area (Å²) >= 11 is 5.69. The minimum absolute atomic E-state index is 0.204. The number of benzene rings is 1. The van der Waals surface area contributed by atoms with E-state index >= 15 is 0 Å². The summed E-state index contributed by atoms with van der Waals surface area (Å²) in [5, 5.41) is 3.30. The molecule has 0 aliphatic carbocycles.